The Morgan fingerprint density at radius 2 is 1.79 bits per heavy atom. The quantitative estimate of drug-likeness (QED) is 0.773. The average molecular weight is 265 g/mol. The lowest BCUT2D eigenvalue weighted by atomic mass is 9.82. The molecule has 0 aliphatic rings. The summed E-state index contributed by atoms with van der Waals surface area (Å²) in [6.45, 7) is 7.73. The van der Waals surface area contributed by atoms with E-state index in [4.69, 9.17) is 19.9 Å². The van der Waals surface area contributed by atoms with Crippen LogP contribution < -0.4 is 20.7 Å². The average Bonchev–Trinajstić information content (AvgIpc) is 2.34. The van der Waals surface area contributed by atoms with Gasteiger partial charge in [0.05, 0.1) is 19.8 Å². The van der Waals surface area contributed by atoms with E-state index in [2.05, 4.69) is 4.98 Å². The fourth-order valence-corrected chi connectivity index (χ4v) is 1.18. The summed E-state index contributed by atoms with van der Waals surface area (Å²) in [5.41, 5.74) is 5.90. The van der Waals surface area contributed by atoms with Crippen LogP contribution in [0.3, 0.4) is 0 Å². The molecule has 0 aliphatic carbocycles. The Labute approximate surface area is 115 Å². The third kappa shape index (κ3) is 3.85. The Hall–Kier alpha value is -1.27. The van der Waals surface area contributed by atoms with E-state index in [1.807, 2.05) is 27.7 Å². The van der Waals surface area contributed by atoms with Crippen LogP contribution in [0.4, 0.5) is 0 Å². The fraction of sp³-hybridized carbons (Fsp3) is 0.615. The van der Waals surface area contributed by atoms with Gasteiger partial charge in [0.1, 0.15) is 0 Å². The number of hydrogen-bond donors (Lipinski definition) is 1. The SMILES string of the molecule is COc1cc([B]OC(C)(C)C(C)(C)N)cnc1OC. The van der Waals surface area contributed by atoms with Crippen LogP contribution in [0.25, 0.3) is 0 Å². The number of pyridine rings is 1. The first-order valence-electron chi connectivity index (χ1n) is 6.09. The third-order valence-corrected chi connectivity index (χ3v) is 3.29. The molecular formula is C13H22BN2O3. The van der Waals surface area contributed by atoms with Crippen molar-refractivity contribution in [3.63, 3.8) is 0 Å². The number of aromatic nitrogens is 1. The second-order valence-corrected chi connectivity index (χ2v) is 5.45. The van der Waals surface area contributed by atoms with E-state index < -0.39 is 11.1 Å². The van der Waals surface area contributed by atoms with Crippen molar-refractivity contribution in [1.29, 1.82) is 0 Å². The smallest absolute Gasteiger partial charge is 0.332 e. The molecule has 0 amide bonds. The molecule has 1 aromatic heterocycles. The Bertz CT molecular complexity index is 430. The van der Waals surface area contributed by atoms with Crippen molar-refractivity contribution in [2.24, 2.45) is 5.73 Å². The molecule has 0 saturated carbocycles. The Kier molecular flexibility index (Phi) is 4.82. The molecule has 0 saturated heterocycles. The van der Waals surface area contributed by atoms with E-state index in [9.17, 15) is 0 Å². The first kappa shape index (κ1) is 15.8. The van der Waals surface area contributed by atoms with Crippen molar-refractivity contribution in [2.45, 2.75) is 38.8 Å². The summed E-state index contributed by atoms with van der Waals surface area (Å²) < 4.78 is 16.0. The predicted octanol–water partition coefficient (Wildman–Crippen LogP) is 0.876. The van der Waals surface area contributed by atoms with E-state index in [0.717, 1.165) is 5.46 Å². The molecule has 0 aliphatic heterocycles. The van der Waals surface area contributed by atoms with Gasteiger partial charge >= 0.3 is 7.48 Å². The van der Waals surface area contributed by atoms with Gasteiger partial charge in [-0.25, -0.2) is 4.98 Å². The zero-order valence-electron chi connectivity index (χ0n) is 12.5. The number of methoxy groups -OCH3 is 2. The van der Waals surface area contributed by atoms with Crippen molar-refractivity contribution in [2.75, 3.05) is 14.2 Å². The topological polar surface area (TPSA) is 66.6 Å². The molecule has 5 nitrogen and oxygen atoms in total. The molecule has 0 spiro atoms. The zero-order valence-corrected chi connectivity index (χ0v) is 12.5. The van der Waals surface area contributed by atoms with Crippen LogP contribution in [0.2, 0.25) is 0 Å². The lowest BCUT2D eigenvalue weighted by Crippen LogP contribution is -2.55. The second kappa shape index (κ2) is 5.80. The number of nitrogens with zero attached hydrogens (tertiary/aromatic N) is 1. The summed E-state index contributed by atoms with van der Waals surface area (Å²) in [5.74, 6) is 1.00. The molecule has 19 heavy (non-hydrogen) atoms. The van der Waals surface area contributed by atoms with E-state index in [-0.39, 0.29) is 0 Å². The first-order chi connectivity index (χ1) is 8.71. The first-order valence-corrected chi connectivity index (χ1v) is 6.09. The monoisotopic (exact) mass is 265 g/mol. The molecule has 1 radical (unpaired) electrons. The van der Waals surface area contributed by atoms with Gasteiger partial charge in [-0.1, -0.05) is 0 Å². The molecular weight excluding hydrogens is 243 g/mol. The molecule has 0 aromatic carbocycles. The van der Waals surface area contributed by atoms with Gasteiger partial charge in [0, 0.05) is 11.7 Å². The van der Waals surface area contributed by atoms with E-state index in [1.165, 1.54) is 0 Å². The summed E-state index contributed by atoms with van der Waals surface area (Å²) in [4.78, 5) is 4.14. The van der Waals surface area contributed by atoms with Crippen LogP contribution in [0.5, 0.6) is 11.6 Å². The van der Waals surface area contributed by atoms with Crippen LogP contribution in [0.1, 0.15) is 27.7 Å². The van der Waals surface area contributed by atoms with Gasteiger partial charge in [-0.15, -0.1) is 0 Å². The van der Waals surface area contributed by atoms with E-state index in [0.29, 0.717) is 11.6 Å². The van der Waals surface area contributed by atoms with Crippen LogP contribution >= 0.6 is 0 Å². The van der Waals surface area contributed by atoms with Crippen LogP contribution in [0, 0.1) is 0 Å². The van der Waals surface area contributed by atoms with Gasteiger partial charge in [-0.3, -0.25) is 0 Å². The highest BCUT2D eigenvalue weighted by molar-refractivity contribution is 6.47. The van der Waals surface area contributed by atoms with Crippen LogP contribution in [0.15, 0.2) is 12.3 Å². The highest BCUT2D eigenvalue weighted by Gasteiger charge is 2.34. The largest absolute Gasteiger partial charge is 0.491 e. The fourth-order valence-electron chi connectivity index (χ4n) is 1.18. The highest BCUT2D eigenvalue weighted by Crippen LogP contribution is 2.23. The molecule has 1 aromatic rings. The number of rotatable bonds is 6. The van der Waals surface area contributed by atoms with E-state index in [1.54, 1.807) is 34.0 Å². The number of hydrogen-bond acceptors (Lipinski definition) is 5. The molecule has 105 valence electrons. The minimum atomic E-state index is -0.500. The van der Waals surface area contributed by atoms with Gasteiger partial charge < -0.3 is 19.9 Å². The molecule has 0 atom stereocenters. The van der Waals surface area contributed by atoms with Crippen LogP contribution in [-0.4, -0.2) is 37.8 Å². The molecule has 1 rings (SSSR count). The lowest BCUT2D eigenvalue weighted by molar-refractivity contribution is 0.0462. The van der Waals surface area contributed by atoms with E-state index >= 15 is 0 Å². The minimum Gasteiger partial charge on any atom is -0.491 e. The number of nitrogens with two attached hydrogens (primary N) is 1. The van der Waals surface area contributed by atoms with Crippen LogP contribution in [-0.2, 0) is 4.65 Å². The summed E-state index contributed by atoms with van der Waals surface area (Å²) in [6.07, 6.45) is 1.65. The normalized spacial score (nSPS) is 12.2. The molecule has 0 fully saturated rings. The summed E-state index contributed by atoms with van der Waals surface area (Å²) in [7, 11) is 4.74. The van der Waals surface area contributed by atoms with Gasteiger partial charge in [-0.2, -0.15) is 0 Å². The standard InChI is InChI=1S/C13H22BN2O3/c1-12(2,15)13(3,4)19-14-9-7-10(17-5)11(18-6)16-8-9/h7-8H,15H2,1-6H3. The molecule has 6 heteroatoms. The lowest BCUT2D eigenvalue weighted by Gasteiger charge is -2.38. The highest BCUT2D eigenvalue weighted by atomic mass is 16.5. The summed E-state index contributed by atoms with van der Waals surface area (Å²) >= 11 is 0. The van der Waals surface area contributed by atoms with Crippen molar-refractivity contribution >= 4 is 12.9 Å². The van der Waals surface area contributed by atoms with Gasteiger partial charge in [-0.05, 0) is 39.2 Å². The summed E-state index contributed by atoms with van der Waals surface area (Å²) in [6, 6.07) is 1.80. The maximum Gasteiger partial charge on any atom is 0.332 e. The summed E-state index contributed by atoms with van der Waals surface area (Å²) in [5, 5.41) is 0. The third-order valence-electron chi connectivity index (χ3n) is 3.29. The van der Waals surface area contributed by atoms with Gasteiger partial charge in [0.2, 0.25) is 0 Å². The van der Waals surface area contributed by atoms with Gasteiger partial charge in [0.25, 0.3) is 5.88 Å². The van der Waals surface area contributed by atoms with Crippen molar-refractivity contribution in [3.8, 4) is 11.6 Å². The van der Waals surface area contributed by atoms with Crippen molar-refractivity contribution in [3.05, 3.63) is 12.3 Å². The maximum atomic E-state index is 6.07. The Morgan fingerprint density at radius 3 is 2.26 bits per heavy atom. The molecule has 0 bridgehead atoms. The molecule has 1 heterocycles. The second-order valence-electron chi connectivity index (χ2n) is 5.45. The number of ether oxygens (including phenoxy) is 2. The van der Waals surface area contributed by atoms with Gasteiger partial charge in [0.15, 0.2) is 5.75 Å². The molecule has 0 unspecified atom stereocenters. The predicted molar refractivity (Wildman–Crippen MR) is 76.2 cm³/mol. The zero-order chi connectivity index (χ0) is 14.7. The molecule has 2 N–H and O–H groups in total. The minimum absolute atomic E-state index is 0.443. The maximum absolute atomic E-state index is 6.07. The Morgan fingerprint density at radius 1 is 1.16 bits per heavy atom. The van der Waals surface area contributed by atoms with Crippen molar-refractivity contribution in [1.82, 2.24) is 4.98 Å². The van der Waals surface area contributed by atoms with Crippen molar-refractivity contribution < 1.29 is 14.1 Å². The Balaban J connectivity index is 2.79.